The van der Waals surface area contributed by atoms with Crippen LogP contribution >= 0.6 is 0 Å². The number of hydrogen-bond acceptors (Lipinski definition) is 2. The van der Waals surface area contributed by atoms with E-state index in [1.807, 2.05) is 0 Å². The van der Waals surface area contributed by atoms with Gasteiger partial charge in [-0.05, 0) is 80.0 Å². The van der Waals surface area contributed by atoms with Gasteiger partial charge < -0.3 is 4.74 Å². The zero-order valence-corrected chi connectivity index (χ0v) is 15.1. The maximum absolute atomic E-state index is 11.3. The summed E-state index contributed by atoms with van der Waals surface area (Å²) in [6.07, 6.45) is 14.5. The molecule has 0 aromatic carbocycles. The molecule has 3 saturated carbocycles. The lowest BCUT2D eigenvalue weighted by atomic mass is 9.49. The van der Waals surface area contributed by atoms with E-state index in [9.17, 15) is 4.79 Å². The fourth-order valence-corrected chi connectivity index (χ4v) is 6.82. The molecule has 0 N–H and O–H groups in total. The fourth-order valence-electron chi connectivity index (χ4n) is 6.82. The highest BCUT2D eigenvalue weighted by Crippen LogP contribution is 2.64. The van der Waals surface area contributed by atoms with Gasteiger partial charge in [0.2, 0.25) is 0 Å². The van der Waals surface area contributed by atoms with Gasteiger partial charge in [-0.2, -0.15) is 0 Å². The maximum atomic E-state index is 11.3. The summed E-state index contributed by atoms with van der Waals surface area (Å²) in [4.78, 5) is 11.3. The first kappa shape index (κ1) is 15.7. The van der Waals surface area contributed by atoms with Crippen molar-refractivity contribution in [3.8, 4) is 0 Å². The van der Waals surface area contributed by atoms with E-state index in [1.54, 1.807) is 12.5 Å². The summed E-state index contributed by atoms with van der Waals surface area (Å²) in [5, 5.41) is 0. The SMILES string of the molecule is CC(=O)O[C@@H]1CC[C@]2(C)C3=CC[C@]4(C)CCC[C@H]4[C@H]3CC[C@H]2C1. The Morgan fingerprint density at radius 3 is 2.78 bits per heavy atom. The standard InChI is InChI=1S/C21H32O2/c1-14(22)23-16-8-12-21(3)15(13-16)6-7-17-18-5-4-10-20(18,2)11-9-19(17)21/h9,15-18H,4-8,10-13H2,1-3H3/t15-,16+,17+,18-,20-,21-/m0/s1. The van der Waals surface area contributed by atoms with Gasteiger partial charge in [-0.15, -0.1) is 0 Å². The molecule has 0 bridgehead atoms. The van der Waals surface area contributed by atoms with Crippen molar-refractivity contribution in [1.29, 1.82) is 0 Å². The second-order valence-electron chi connectivity index (χ2n) is 9.32. The van der Waals surface area contributed by atoms with Crippen molar-refractivity contribution in [2.24, 2.45) is 28.6 Å². The Balaban J connectivity index is 1.58. The molecule has 0 aromatic rings. The van der Waals surface area contributed by atoms with E-state index in [0.717, 1.165) is 24.7 Å². The summed E-state index contributed by atoms with van der Waals surface area (Å²) in [6, 6.07) is 0. The molecule has 2 nitrogen and oxygen atoms in total. The average Bonchev–Trinajstić information content (AvgIpc) is 2.89. The Hall–Kier alpha value is -0.790. The predicted octanol–water partition coefficient (Wildman–Crippen LogP) is 5.27. The van der Waals surface area contributed by atoms with E-state index in [-0.39, 0.29) is 12.1 Å². The first-order valence-corrected chi connectivity index (χ1v) is 9.80. The highest BCUT2D eigenvalue weighted by Gasteiger charge is 2.54. The van der Waals surface area contributed by atoms with Crippen molar-refractivity contribution in [2.75, 3.05) is 0 Å². The molecule has 0 radical (unpaired) electrons. The molecule has 4 aliphatic rings. The number of ether oxygens (including phenoxy) is 1. The lowest BCUT2D eigenvalue weighted by Crippen LogP contribution is -2.48. The molecule has 0 spiro atoms. The zero-order valence-electron chi connectivity index (χ0n) is 15.1. The van der Waals surface area contributed by atoms with Crippen LogP contribution in [0.25, 0.3) is 0 Å². The second-order valence-corrected chi connectivity index (χ2v) is 9.32. The summed E-state index contributed by atoms with van der Waals surface area (Å²) in [6.45, 7) is 6.62. The van der Waals surface area contributed by atoms with Crippen LogP contribution < -0.4 is 0 Å². The van der Waals surface area contributed by atoms with Crippen LogP contribution in [0.1, 0.15) is 78.6 Å². The molecule has 0 heterocycles. The van der Waals surface area contributed by atoms with Crippen LogP contribution in [0.5, 0.6) is 0 Å². The molecule has 4 rings (SSSR count). The van der Waals surface area contributed by atoms with Gasteiger partial charge in [0, 0.05) is 6.92 Å². The van der Waals surface area contributed by atoms with Gasteiger partial charge in [-0.25, -0.2) is 0 Å². The van der Waals surface area contributed by atoms with Gasteiger partial charge in [-0.3, -0.25) is 4.79 Å². The Bertz CT molecular complexity index is 536. The van der Waals surface area contributed by atoms with Crippen LogP contribution in [0.4, 0.5) is 0 Å². The number of hydrogen-bond donors (Lipinski definition) is 0. The molecule has 2 heteroatoms. The van der Waals surface area contributed by atoms with E-state index in [2.05, 4.69) is 19.9 Å². The van der Waals surface area contributed by atoms with Crippen molar-refractivity contribution in [3.05, 3.63) is 11.6 Å². The number of carbonyl (C=O) groups excluding carboxylic acids is 1. The Kier molecular flexibility index (Phi) is 3.66. The van der Waals surface area contributed by atoms with Crippen molar-refractivity contribution in [1.82, 2.24) is 0 Å². The number of fused-ring (bicyclic) bond motifs is 5. The van der Waals surface area contributed by atoms with Gasteiger partial charge in [-0.1, -0.05) is 31.9 Å². The zero-order chi connectivity index (χ0) is 16.2. The normalized spacial score (nSPS) is 48.7. The maximum Gasteiger partial charge on any atom is 0.302 e. The molecule has 0 aromatic heterocycles. The molecule has 0 saturated heterocycles. The van der Waals surface area contributed by atoms with Crippen LogP contribution in [-0.4, -0.2) is 12.1 Å². The molecule has 23 heavy (non-hydrogen) atoms. The molecule has 0 amide bonds. The van der Waals surface area contributed by atoms with Gasteiger partial charge in [0.1, 0.15) is 6.10 Å². The Morgan fingerprint density at radius 2 is 2.00 bits per heavy atom. The summed E-state index contributed by atoms with van der Waals surface area (Å²) < 4.78 is 5.55. The molecule has 6 atom stereocenters. The summed E-state index contributed by atoms with van der Waals surface area (Å²) >= 11 is 0. The predicted molar refractivity (Wildman–Crippen MR) is 91.9 cm³/mol. The van der Waals surface area contributed by atoms with Crippen molar-refractivity contribution in [3.63, 3.8) is 0 Å². The minimum absolute atomic E-state index is 0.106. The highest BCUT2D eigenvalue weighted by molar-refractivity contribution is 5.66. The minimum atomic E-state index is -0.106. The van der Waals surface area contributed by atoms with Crippen LogP contribution in [0.2, 0.25) is 0 Å². The van der Waals surface area contributed by atoms with E-state index < -0.39 is 0 Å². The van der Waals surface area contributed by atoms with Crippen molar-refractivity contribution >= 4 is 5.97 Å². The van der Waals surface area contributed by atoms with Gasteiger partial charge in [0.25, 0.3) is 0 Å². The van der Waals surface area contributed by atoms with Gasteiger partial charge in [0.05, 0.1) is 0 Å². The first-order chi connectivity index (χ1) is 10.9. The van der Waals surface area contributed by atoms with Gasteiger partial charge >= 0.3 is 5.97 Å². The van der Waals surface area contributed by atoms with Crippen LogP contribution in [0.3, 0.4) is 0 Å². The molecule has 3 fully saturated rings. The summed E-state index contributed by atoms with van der Waals surface area (Å²) in [7, 11) is 0. The molecule has 4 aliphatic carbocycles. The monoisotopic (exact) mass is 316 g/mol. The largest absolute Gasteiger partial charge is 0.463 e. The Morgan fingerprint density at radius 1 is 1.17 bits per heavy atom. The van der Waals surface area contributed by atoms with Gasteiger partial charge in [0.15, 0.2) is 0 Å². The molecule has 0 unspecified atom stereocenters. The number of carbonyl (C=O) groups is 1. The van der Waals surface area contributed by atoms with E-state index in [4.69, 9.17) is 4.74 Å². The Labute approximate surface area is 141 Å². The topological polar surface area (TPSA) is 26.3 Å². The molecule has 128 valence electrons. The third kappa shape index (κ3) is 2.39. The molecular formula is C21H32O2. The smallest absolute Gasteiger partial charge is 0.302 e. The minimum Gasteiger partial charge on any atom is -0.463 e. The molecule has 0 aliphatic heterocycles. The van der Waals surface area contributed by atoms with E-state index in [0.29, 0.717) is 16.7 Å². The lowest BCUT2D eigenvalue weighted by molar-refractivity contribution is -0.151. The first-order valence-electron chi connectivity index (χ1n) is 9.80. The van der Waals surface area contributed by atoms with Crippen molar-refractivity contribution < 1.29 is 9.53 Å². The third-order valence-corrected chi connectivity index (χ3v) is 8.08. The van der Waals surface area contributed by atoms with E-state index in [1.165, 1.54) is 44.9 Å². The summed E-state index contributed by atoms with van der Waals surface area (Å²) in [5.74, 6) is 2.40. The average molecular weight is 316 g/mol. The number of esters is 1. The van der Waals surface area contributed by atoms with Crippen molar-refractivity contribution in [2.45, 2.75) is 84.7 Å². The van der Waals surface area contributed by atoms with E-state index >= 15 is 0 Å². The fraction of sp³-hybridized carbons (Fsp3) is 0.857. The quantitative estimate of drug-likeness (QED) is 0.486. The number of rotatable bonds is 1. The third-order valence-electron chi connectivity index (χ3n) is 8.08. The summed E-state index contributed by atoms with van der Waals surface area (Å²) in [5.41, 5.74) is 2.77. The van der Waals surface area contributed by atoms with Crippen LogP contribution in [0, 0.1) is 28.6 Å². The van der Waals surface area contributed by atoms with Crippen LogP contribution in [0.15, 0.2) is 11.6 Å². The lowest BCUT2D eigenvalue weighted by Gasteiger charge is -2.56. The molecular weight excluding hydrogens is 284 g/mol. The number of allylic oxidation sites excluding steroid dienone is 2. The highest BCUT2D eigenvalue weighted by atomic mass is 16.5. The van der Waals surface area contributed by atoms with Crippen LogP contribution in [-0.2, 0) is 9.53 Å². The second kappa shape index (κ2) is 5.36.